The Morgan fingerprint density at radius 2 is 2.31 bits per heavy atom. The summed E-state index contributed by atoms with van der Waals surface area (Å²) in [4.78, 5) is 4.40. The third-order valence-electron chi connectivity index (χ3n) is 2.86. The van der Waals surface area contributed by atoms with E-state index in [-0.39, 0.29) is 0 Å². The van der Waals surface area contributed by atoms with Crippen LogP contribution in [0.1, 0.15) is 29.7 Å². The molecule has 0 saturated carbocycles. The zero-order valence-electron chi connectivity index (χ0n) is 9.62. The Balaban J connectivity index is 2.23. The monoisotopic (exact) mass is 213 g/mol. The smallest absolute Gasteiger partial charge is 0.127 e. The first-order chi connectivity index (χ1) is 7.70. The Morgan fingerprint density at radius 1 is 1.50 bits per heavy atom. The van der Waals surface area contributed by atoms with Crippen molar-refractivity contribution in [3.63, 3.8) is 0 Å². The minimum absolute atomic E-state index is 0.388. The molecule has 0 amide bonds. The summed E-state index contributed by atoms with van der Waals surface area (Å²) in [5.74, 6) is 0.866. The Kier molecular flexibility index (Phi) is 2.91. The molecule has 1 aromatic rings. The number of nitriles is 1. The number of allylic oxidation sites excluding steroid dienone is 1. The van der Waals surface area contributed by atoms with Crippen LogP contribution in [-0.2, 0) is 0 Å². The predicted octanol–water partition coefficient (Wildman–Crippen LogP) is 2.70. The highest BCUT2D eigenvalue weighted by Crippen LogP contribution is 2.19. The van der Waals surface area contributed by atoms with E-state index in [2.05, 4.69) is 28.5 Å². The SMILES string of the molecule is Cc1cc(NC2C=CCC2)nc(C)c1C#N. The van der Waals surface area contributed by atoms with Crippen molar-refractivity contribution in [1.29, 1.82) is 5.26 Å². The number of rotatable bonds is 2. The number of aromatic nitrogens is 1. The van der Waals surface area contributed by atoms with E-state index >= 15 is 0 Å². The fourth-order valence-electron chi connectivity index (χ4n) is 2.02. The van der Waals surface area contributed by atoms with Gasteiger partial charge in [-0.25, -0.2) is 4.98 Å². The predicted molar refractivity (Wildman–Crippen MR) is 64.2 cm³/mol. The molecular formula is C13H15N3. The molecular weight excluding hydrogens is 198 g/mol. The van der Waals surface area contributed by atoms with Crippen LogP contribution in [0.5, 0.6) is 0 Å². The lowest BCUT2D eigenvalue weighted by atomic mass is 10.1. The molecule has 3 heteroatoms. The van der Waals surface area contributed by atoms with Crippen molar-refractivity contribution in [2.45, 2.75) is 32.7 Å². The number of hydrogen-bond acceptors (Lipinski definition) is 3. The van der Waals surface area contributed by atoms with Crippen LogP contribution in [0.3, 0.4) is 0 Å². The summed E-state index contributed by atoms with van der Waals surface area (Å²) in [6.07, 6.45) is 6.61. The van der Waals surface area contributed by atoms with Crippen molar-refractivity contribution in [1.82, 2.24) is 4.98 Å². The zero-order chi connectivity index (χ0) is 11.5. The van der Waals surface area contributed by atoms with Gasteiger partial charge in [-0.15, -0.1) is 0 Å². The van der Waals surface area contributed by atoms with Gasteiger partial charge in [-0.05, 0) is 38.3 Å². The Bertz CT molecular complexity index is 446. The molecule has 1 aromatic heterocycles. The molecule has 1 atom stereocenters. The summed E-state index contributed by atoms with van der Waals surface area (Å²) in [6, 6.07) is 4.51. The van der Waals surface area contributed by atoms with E-state index in [1.54, 1.807) is 0 Å². The summed E-state index contributed by atoms with van der Waals surface area (Å²) < 4.78 is 0. The van der Waals surface area contributed by atoms with Gasteiger partial charge in [0.25, 0.3) is 0 Å². The van der Waals surface area contributed by atoms with Gasteiger partial charge in [0, 0.05) is 6.04 Å². The van der Waals surface area contributed by atoms with Crippen molar-refractivity contribution in [2.24, 2.45) is 0 Å². The second-order valence-corrected chi connectivity index (χ2v) is 4.15. The lowest BCUT2D eigenvalue weighted by molar-refractivity contribution is 0.819. The molecule has 2 rings (SSSR count). The number of hydrogen-bond donors (Lipinski definition) is 1. The van der Waals surface area contributed by atoms with E-state index in [1.807, 2.05) is 19.9 Å². The van der Waals surface area contributed by atoms with Crippen molar-refractivity contribution in [3.8, 4) is 6.07 Å². The molecule has 0 fully saturated rings. The zero-order valence-corrected chi connectivity index (χ0v) is 9.62. The van der Waals surface area contributed by atoms with E-state index in [0.29, 0.717) is 11.6 Å². The summed E-state index contributed by atoms with van der Waals surface area (Å²) in [5, 5.41) is 12.3. The summed E-state index contributed by atoms with van der Waals surface area (Å²) in [6.45, 7) is 3.82. The fraction of sp³-hybridized carbons (Fsp3) is 0.385. The average Bonchev–Trinajstić information content (AvgIpc) is 2.70. The first-order valence-electron chi connectivity index (χ1n) is 5.52. The van der Waals surface area contributed by atoms with Crippen LogP contribution < -0.4 is 5.32 Å². The Labute approximate surface area is 95.8 Å². The topological polar surface area (TPSA) is 48.7 Å². The van der Waals surface area contributed by atoms with Gasteiger partial charge in [0.1, 0.15) is 11.9 Å². The van der Waals surface area contributed by atoms with Crippen LogP contribution in [0.2, 0.25) is 0 Å². The first-order valence-corrected chi connectivity index (χ1v) is 5.52. The van der Waals surface area contributed by atoms with E-state index in [4.69, 9.17) is 5.26 Å². The summed E-state index contributed by atoms with van der Waals surface area (Å²) >= 11 is 0. The van der Waals surface area contributed by atoms with Crippen LogP contribution in [-0.4, -0.2) is 11.0 Å². The molecule has 1 aliphatic carbocycles. The van der Waals surface area contributed by atoms with Crippen LogP contribution in [0.25, 0.3) is 0 Å². The molecule has 82 valence electrons. The van der Waals surface area contributed by atoms with Gasteiger partial charge in [-0.2, -0.15) is 5.26 Å². The molecule has 1 unspecified atom stereocenters. The van der Waals surface area contributed by atoms with Gasteiger partial charge in [0.05, 0.1) is 11.3 Å². The minimum Gasteiger partial charge on any atom is -0.364 e. The average molecular weight is 213 g/mol. The number of anilines is 1. The summed E-state index contributed by atoms with van der Waals surface area (Å²) in [5.41, 5.74) is 2.47. The molecule has 0 saturated heterocycles. The summed E-state index contributed by atoms with van der Waals surface area (Å²) in [7, 11) is 0. The molecule has 0 radical (unpaired) electrons. The maximum atomic E-state index is 8.95. The Hall–Kier alpha value is -1.82. The molecule has 16 heavy (non-hydrogen) atoms. The molecule has 3 nitrogen and oxygen atoms in total. The Morgan fingerprint density at radius 3 is 2.88 bits per heavy atom. The minimum atomic E-state index is 0.388. The molecule has 0 bridgehead atoms. The molecule has 0 spiro atoms. The highest BCUT2D eigenvalue weighted by Gasteiger charge is 2.11. The van der Waals surface area contributed by atoms with Gasteiger partial charge < -0.3 is 5.32 Å². The second-order valence-electron chi connectivity index (χ2n) is 4.15. The number of pyridine rings is 1. The standard InChI is InChI=1S/C13H15N3/c1-9-7-13(15-10(2)12(9)8-14)16-11-5-3-4-6-11/h3,5,7,11H,4,6H2,1-2H3,(H,15,16). The van der Waals surface area contributed by atoms with Crippen molar-refractivity contribution >= 4 is 5.82 Å². The second kappa shape index (κ2) is 4.36. The van der Waals surface area contributed by atoms with Crippen molar-refractivity contribution < 1.29 is 0 Å². The number of aryl methyl sites for hydroxylation is 2. The normalized spacial score (nSPS) is 18.4. The number of nitrogens with zero attached hydrogens (tertiary/aromatic N) is 2. The van der Waals surface area contributed by atoms with Crippen molar-refractivity contribution in [3.05, 3.63) is 35.0 Å². The van der Waals surface area contributed by atoms with Gasteiger partial charge in [-0.1, -0.05) is 12.2 Å². The lowest BCUT2D eigenvalue weighted by Gasteiger charge is -2.13. The van der Waals surface area contributed by atoms with E-state index in [9.17, 15) is 0 Å². The highest BCUT2D eigenvalue weighted by atomic mass is 15.0. The van der Waals surface area contributed by atoms with Gasteiger partial charge in [0.15, 0.2) is 0 Å². The van der Waals surface area contributed by atoms with Crippen LogP contribution in [0.15, 0.2) is 18.2 Å². The van der Waals surface area contributed by atoms with Crippen LogP contribution >= 0.6 is 0 Å². The number of nitrogens with one attached hydrogen (secondary N) is 1. The maximum Gasteiger partial charge on any atom is 0.127 e. The van der Waals surface area contributed by atoms with Gasteiger partial charge in [-0.3, -0.25) is 0 Å². The first kappa shape index (κ1) is 10.7. The van der Waals surface area contributed by atoms with Gasteiger partial charge in [0.2, 0.25) is 0 Å². The fourth-order valence-corrected chi connectivity index (χ4v) is 2.02. The largest absolute Gasteiger partial charge is 0.364 e. The molecule has 0 aromatic carbocycles. The van der Waals surface area contributed by atoms with E-state index in [1.165, 1.54) is 0 Å². The molecule has 0 aliphatic heterocycles. The molecule has 1 N–H and O–H groups in total. The van der Waals surface area contributed by atoms with Gasteiger partial charge >= 0.3 is 0 Å². The van der Waals surface area contributed by atoms with E-state index in [0.717, 1.165) is 29.9 Å². The third-order valence-corrected chi connectivity index (χ3v) is 2.86. The highest BCUT2D eigenvalue weighted by molar-refractivity contribution is 5.49. The van der Waals surface area contributed by atoms with Crippen LogP contribution in [0, 0.1) is 25.2 Å². The van der Waals surface area contributed by atoms with E-state index < -0.39 is 0 Å². The molecule has 1 heterocycles. The maximum absolute atomic E-state index is 8.95. The lowest BCUT2D eigenvalue weighted by Crippen LogP contribution is -2.15. The molecule has 1 aliphatic rings. The quantitative estimate of drug-likeness (QED) is 0.768. The van der Waals surface area contributed by atoms with Crippen molar-refractivity contribution in [2.75, 3.05) is 5.32 Å². The third kappa shape index (κ3) is 2.06. The van der Waals surface area contributed by atoms with Crippen LogP contribution in [0.4, 0.5) is 5.82 Å².